The number of anilines is 1. The Bertz CT molecular complexity index is 483. The van der Waals surface area contributed by atoms with Gasteiger partial charge in [0, 0.05) is 18.3 Å². The Hall–Kier alpha value is -2.04. The molecule has 1 saturated carbocycles. The van der Waals surface area contributed by atoms with Crippen molar-refractivity contribution in [3.05, 3.63) is 29.8 Å². The summed E-state index contributed by atoms with van der Waals surface area (Å²) < 4.78 is 5.02. The van der Waals surface area contributed by atoms with Crippen LogP contribution in [-0.2, 0) is 9.53 Å². The number of amides is 1. The first-order valence-electron chi connectivity index (χ1n) is 6.44. The molecule has 5 nitrogen and oxygen atoms in total. The van der Waals surface area contributed by atoms with E-state index in [4.69, 9.17) is 10.5 Å². The van der Waals surface area contributed by atoms with Gasteiger partial charge in [0.2, 0.25) is 0 Å². The van der Waals surface area contributed by atoms with Crippen LogP contribution in [0.1, 0.15) is 30.1 Å². The number of benzene rings is 1. The topological polar surface area (TPSA) is 72.6 Å². The largest absolute Gasteiger partial charge is 0.452 e. The molecule has 0 heterocycles. The number of hydrogen-bond donors (Lipinski definition) is 1. The van der Waals surface area contributed by atoms with E-state index in [-0.39, 0.29) is 12.5 Å². The van der Waals surface area contributed by atoms with E-state index >= 15 is 0 Å². The van der Waals surface area contributed by atoms with Crippen LogP contribution in [-0.4, -0.2) is 36.0 Å². The van der Waals surface area contributed by atoms with E-state index in [1.54, 1.807) is 23.1 Å². The van der Waals surface area contributed by atoms with Crippen LogP contribution in [0.3, 0.4) is 0 Å². The van der Waals surface area contributed by atoms with Gasteiger partial charge in [-0.1, -0.05) is 6.07 Å². The van der Waals surface area contributed by atoms with Gasteiger partial charge in [0.05, 0.1) is 5.56 Å². The van der Waals surface area contributed by atoms with E-state index < -0.39 is 5.97 Å². The zero-order chi connectivity index (χ0) is 13.8. The Balaban J connectivity index is 1.87. The highest BCUT2D eigenvalue weighted by atomic mass is 16.5. The molecule has 0 unspecified atom stereocenters. The van der Waals surface area contributed by atoms with Gasteiger partial charge >= 0.3 is 5.97 Å². The fourth-order valence-corrected chi connectivity index (χ4v) is 1.98. The van der Waals surface area contributed by atoms with Crippen molar-refractivity contribution in [2.45, 2.75) is 25.8 Å². The van der Waals surface area contributed by atoms with Crippen molar-refractivity contribution in [1.29, 1.82) is 0 Å². The Labute approximate surface area is 112 Å². The molecule has 0 spiro atoms. The minimum absolute atomic E-state index is 0.137. The summed E-state index contributed by atoms with van der Waals surface area (Å²) in [5, 5.41) is 0. The normalized spacial score (nSPS) is 13.9. The van der Waals surface area contributed by atoms with Crippen LogP contribution in [0.5, 0.6) is 0 Å². The SMILES string of the molecule is CCN(C(=O)COC(=O)c1cccc(N)c1)C1CC1. The maximum absolute atomic E-state index is 11.9. The van der Waals surface area contributed by atoms with Gasteiger partial charge < -0.3 is 15.4 Å². The molecule has 0 aromatic heterocycles. The van der Waals surface area contributed by atoms with E-state index in [1.165, 1.54) is 6.07 Å². The van der Waals surface area contributed by atoms with E-state index in [9.17, 15) is 9.59 Å². The standard InChI is InChI=1S/C14H18N2O3/c1-2-16(12-6-7-12)13(17)9-19-14(18)10-4-3-5-11(15)8-10/h3-5,8,12H,2,6-7,9,15H2,1H3. The van der Waals surface area contributed by atoms with Crippen LogP contribution < -0.4 is 5.73 Å². The molecule has 1 aromatic rings. The molecule has 1 aliphatic rings. The van der Waals surface area contributed by atoms with Crippen molar-refractivity contribution >= 4 is 17.6 Å². The molecular formula is C14H18N2O3. The molecule has 5 heteroatoms. The first-order valence-corrected chi connectivity index (χ1v) is 6.44. The second-order valence-electron chi connectivity index (χ2n) is 4.61. The highest BCUT2D eigenvalue weighted by Gasteiger charge is 2.31. The molecule has 2 N–H and O–H groups in total. The third-order valence-electron chi connectivity index (χ3n) is 3.10. The molecule has 1 aliphatic carbocycles. The number of nitrogens with zero attached hydrogens (tertiary/aromatic N) is 1. The van der Waals surface area contributed by atoms with Crippen LogP contribution in [0.4, 0.5) is 5.69 Å². The number of nitrogen functional groups attached to an aromatic ring is 1. The lowest BCUT2D eigenvalue weighted by atomic mass is 10.2. The summed E-state index contributed by atoms with van der Waals surface area (Å²) >= 11 is 0. The van der Waals surface area contributed by atoms with Gasteiger partial charge in [-0.2, -0.15) is 0 Å². The minimum atomic E-state index is -0.521. The molecule has 0 atom stereocenters. The maximum atomic E-state index is 11.9. The zero-order valence-electron chi connectivity index (χ0n) is 11.0. The Morgan fingerprint density at radius 2 is 2.16 bits per heavy atom. The van der Waals surface area contributed by atoms with Gasteiger partial charge in [-0.15, -0.1) is 0 Å². The molecule has 19 heavy (non-hydrogen) atoms. The Morgan fingerprint density at radius 3 is 2.74 bits per heavy atom. The second-order valence-corrected chi connectivity index (χ2v) is 4.61. The molecule has 0 bridgehead atoms. The molecular weight excluding hydrogens is 244 g/mol. The van der Waals surface area contributed by atoms with Crippen molar-refractivity contribution in [2.24, 2.45) is 0 Å². The minimum Gasteiger partial charge on any atom is -0.452 e. The molecule has 102 valence electrons. The lowest BCUT2D eigenvalue weighted by molar-refractivity contribution is -0.134. The predicted molar refractivity (Wildman–Crippen MR) is 71.5 cm³/mol. The number of esters is 1. The van der Waals surface area contributed by atoms with Crippen molar-refractivity contribution in [3.63, 3.8) is 0 Å². The van der Waals surface area contributed by atoms with E-state index in [0.717, 1.165) is 12.8 Å². The second kappa shape index (κ2) is 5.73. The zero-order valence-corrected chi connectivity index (χ0v) is 11.0. The van der Waals surface area contributed by atoms with Gasteiger partial charge in [-0.25, -0.2) is 4.79 Å². The fourth-order valence-electron chi connectivity index (χ4n) is 1.98. The van der Waals surface area contributed by atoms with Gasteiger partial charge in [0.25, 0.3) is 5.91 Å². The number of likely N-dealkylation sites (N-methyl/N-ethyl adjacent to an activating group) is 1. The maximum Gasteiger partial charge on any atom is 0.338 e. The monoisotopic (exact) mass is 262 g/mol. The van der Waals surface area contributed by atoms with Gasteiger partial charge in [0.1, 0.15) is 0 Å². The number of ether oxygens (including phenoxy) is 1. The average Bonchev–Trinajstić information content (AvgIpc) is 3.21. The van der Waals surface area contributed by atoms with Crippen LogP contribution in [0.2, 0.25) is 0 Å². The first-order chi connectivity index (χ1) is 9.11. The average molecular weight is 262 g/mol. The quantitative estimate of drug-likeness (QED) is 0.643. The van der Waals surface area contributed by atoms with E-state index in [2.05, 4.69) is 0 Å². The highest BCUT2D eigenvalue weighted by Crippen LogP contribution is 2.26. The Morgan fingerprint density at radius 1 is 1.42 bits per heavy atom. The summed E-state index contributed by atoms with van der Waals surface area (Å²) in [6, 6.07) is 6.85. The van der Waals surface area contributed by atoms with Gasteiger partial charge in [-0.05, 0) is 38.0 Å². The predicted octanol–water partition coefficient (Wildman–Crippen LogP) is 1.44. The number of carbonyl (C=O) groups is 2. The van der Waals surface area contributed by atoms with Gasteiger partial charge in [0.15, 0.2) is 6.61 Å². The van der Waals surface area contributed by atoms with Crippen molar-refractivity contribution in [2.75, 3.05) is 18.9 Å². The summed E-state index contributed by atoms with van der Waals surface area (Å²) in [7, 11) is 0. The van der Waals surface area contributed by atoms with Crippen molar-refractivity contribution in [3.8, 4) is 0 Å². The van der Waals surface area contributed by atoms with Crippen molar-refractivity contribution < 1.29 is 14.3 Å². The van der Waals surface area contributed by atoms with E-state index in [1.807, 2.05) is 6.92 Å². The fraction of sp³-hybridized carbons (Fsp3) is 0.429. The lowest BCUT2D eigenvalue weighted by Crippen LogP contribution is -2.36. The lowest BCUT2D eigenvalue weighted by Gasteiger charge is -2.19. The molecule has 1 amide bonds. The number of rotatable bonds is 5. The third kappa shape index (κ3) is 3.47. The summed E-state index contributed by atoms with van der Waals surface area (Å²) in [6.45, 7) is 2.37. The Kier molecular flexibility index (Phi) is 4.04. The van der Waals surface area contributed by atoms with E-state index in [0.29, 0.717) is 23.8 Å². The highest BCUT2D eigenvalue weighted by molar-refractivity contribution is 5.92. The molecule has 0 radical (unpaired) electrons. The van der Waals surface area contributed by atoms with Crippen LogP contribution >= 0.6 is 0 Å². The van der Waals surface area contributed by atoms with Crippen LogP contribution in [0.25, 0.3) is 0 Å². The molecule has 2 rings (SSSR count). The third-order valence-corrected chi connectivity index (χ3v) is 3.10. The molecule has 0 saturated heterocycles. The summed E-state index contributed by atoms with van der Waals surface area (Å²) in [6.07, 6.45) is 2.09. The summed E-state index contributed by atoms with van der Waals surface area (Å²) in [5.41, 5.74) is 6.44. The smallest absolute Gasteiger partial charge is 0.338 e. The van der Waals surface area contributed by atoms with Crippen molar-refractivity contribution in [1.82, 2.24) is 4.90 Å². The molecule has 1 fully saturated rings. The van der Waals surface area contributed by atoms with Gasteiger partial charge in [-0.3, -0.25) is 4.79 Å². The number of carbonyl (C=O) groups excluding carboxylic acids is 2. The molecule has 1 aromatic carbocycles. The number of hydrogen-bond acceptors (Lipinski definition) is 4. The van der Waals surface area contributed by atoms with Crippen LogP contribution in [0, 0.1) is 0 Å². The summed E-state index contributed by atoms with van der Waals surface area (Å²) in [4.78, 5) is 25.4. The summed E-state index contributed by atoms with van der Waals surface area (Å²) in [5.74, 6) is -0.658. The number of nitrogens with two attached hydrogens (primary N) is 1. The first kappa shape index (κ1) is 13.4. The van der Waals surface area contributed by atoms with Crippen LogP contribution in [0.15, 0.2) is 24.3 Å². The molecule has 0 aliphatic heterocycles.